The van der Waals surface area contributed by atoms with Crippen molar-refractivity contribution in [2.45, 2.75) is 52.6 Å². The zero-order chi connectivity index (χ0) is 14.6. The molecule has 1 saturated heterocycles. The van der Waals surface area contributed by atoms with E-state index in [9.17, 15) is 9.59 Å². The molecule has 5 nitrogen and oxygen atoms in total. The van der Waals surface area contributed by atoms with Crippen LogP contribution in [-0.4, -0.2) is 37.6 Å². The molecule has 2 atom stereocenters. The van der Waals surface area contributed by atoms with Gasteiger partial charge in [0.2, 0.25) is 5.91 Å². The maximum absolute atomic E-state index is 12.4. The molecular weight excluding hydrogens is 244 g/mol. The van der Waals surface area contributed by atoms with Crippen LogP contribution in [0.4, 0.5) is 0 Å². The number of methoxy groups -OCH3 is 1. The lowest BCUT2D eigenvalue weighted by Crippen LogP contribution is -2.59. The third-order valence-corrected chi connectivity index (χ3v) is 3.81. The van der Waals surface area contributed by atoms with E-state index >= 15 is 0 Å². The van der Waals surface area contributed by atoms with Gasteiger partial charge in [-0.2, -0.15) is 0 Å². The molecule has 1 aliphatic rings. The van der Waals surface area contributed by atoms with Gasteiger partial charge < -0.3 is 15.4 Å². The highest BCUT2D eigenvalue weighted by Gasteiger charge is 2.38. The molecule has 1 fully saturated rings. The molecule has 0 aliphatic carbocycles. The lowest BCUT2D eigenvalue weighted by molar-refractivity contribution is -0.147. The van der Waals surface area contributed by atoms with Crippen molar-refractivity contribution in [2.24, 2.45) is 11.3 Å². The topological polar surface area (TPSA) is 67.4 Å². The molecule has 2 N–H and O–H groups in total. The van der Waals surface area contributed by atoms with E-state index < -0.39 is 12.0 Å². The molecule has 1 heterocycles. The summed E-state index contributed by atoms with van der Waals surface area (Å²) in [6, 6.07) is -0.843. The molecule has 0 aromatic rings. The molecule has 5 heteroatoms. The number of nitrogens with one attached hydrogen (secondary N) is 2. The Morgan fingerprint density at radius 1 is 1.37 bits per heavy atom. The van der Waals surface area contributed by atoms with Gasteiger partial charge in [0.05, 0.1) is 13.2 Å². The number of piperidine rings is 1. The highest BCUT2D eigenvalue weighted by molar-refractivity contribution is 5.88. The predicted octanol–water partition coefficient (Wildman–Crippen LogP) is 1.08. The highest BCUT2D eigenvalue weighted by atomic mass is 16.5. The highest BCUT2D eigenvalue weighted by Crippen LogP contribution is 2.30. The van der Waals surface area contributed by atoms with Gasteiger partial charge in [0.1, 0.15) is 6.04 Å². The molecular formula is C14H26N2O3. The molecule has 1 aliphatic heterocycles. The predicted molar refractivity (Wildman–Crippen MR) is 73.6 cm³/mol. The van der Waals surface area contributed by atoms with Gasteiger partial charge in [0.15, 0.2) is 0 Å². The van der Waals surface area contributed by atoms with Gasteiger partial charge in [0, 0.05) is 0 Å². The van der Waals surface area contributed by atoms with Crippen LogP contribution in [0.5, 0.6) is 0 Å². The minimum atomic E-state index is -0.586. The first-order chi connectivity index (χ1) is 8.79. The number of hydrogen-bond acceptors (Lipinski definition) is 4. The van der Waals surface area contributed by atoms with Crippen LogP contribution >= 0.6 is 0 Å². The molecule has 0 bridgehead atoms. The Labute approximate surface area is 115 Å². The Bertz CT molecular complexity index is 340. The van der Waals surface area contributed by atoms with Gasteiger partial charge in [-0.25, -0.2) is 4.79 Å². The van der Waals surface area contributed by atoms with Crippen molar-refractivity contribution in [3.63, 3.8) is 0 Å². The Morgan fingerprint density at radius 2 is 2.00 bits per heavy atom. The fraction of sp³-hybridized carbons (Fsp3) is 0.857. The van der Waals surface area contributed by atoms with Gasteiger partial charge in [0.25, 0.3) is 0 Å². The summed E-state index contributed by atoms with van der Waals surface area (Å²) in [7, 11) is 1.34. The van der Waals surface area contributed by atoms with Crippen molar-refractivity contribution in [2.75, 3.05) is 13.7 Å². The van der Waals surface area contributed by atoms with Crippen LogP contribution in [0.1, 0.15) is 40.5 Å². The van der Waals surface area contributed by atoms with Gasteiger partial charge in [-0.1, -0.05) is 27.7 Å². The molecule has 0 saturated carbocycles. The van der Waals surface area contributed by atoms with Crippen molar-refractivity contribution in [3.8, 4) is 0 Å². The Morgan fingerprint density at radius 3 is 2.47 bits per heavy atom. The summed E-state index contributed by atoms with van der Waals surface area (Å²) in [6.45, 7) is 8.77. The van der Waals surface area contributed by atoms with E-state index in [2.05, 4.69) is 24.5 Å². The number of carbonyl (C=O) groups excluding carboxylic acids is 2. The molecule has 0 spiro atoms. The van der Waals surface area contributed by atoms with Crippen LogP contribution in [0.3, 0.4) is 0 Å². The standard InChI is InChI=1S/C14H26N2O3/c1-9(2)10(13(18)19-5)16-12(17)11-14(3,4)7-6-8-15-11/h9-11,15H,6-8H2,1-5H3,(H,16,17). The van der Waals surface area contributed by atoms with Gasteiger partial charge in [-0.05, 0) is 30.7 Å². The maximum Gasteiger partial charge on any atom is 0.328 e. The lowest BCUT2D eigenvalue weighted by atomic mass is 9.77. The molecule has 0 aromatic heterocycles. The van der Waals surface area contributed by atoms with Gasteiger partial charge in [-0.3, -0.25) is 4.79 Å². The second kappa shape index (κ2) is 6.37. The quantitative estimate of drug-likeness (QED) is 0.750. The minimum Gasteiger partial charge on any atom is -0.467 e. The molecule has 0 radical (unpaired) electrons. The largest absolute Gasteiger partial charge is 0.467 e. The third-order valence-electron chi connectivity index (χ3n) is 3.81. The Kier molecular flexibility index (Phi) is 5.35. The van der Waals surface area contributed by atoms with Crippen LogP contribution in [0.2, 0.25) is 0 Å². The van der Waals surface area contributed by atoms with E-state index in [-0.39, 0.29) is 23.3 Å². The van der Waals surface area contributed by atoms with Crippen LogP contribution < -0.4 is 10.6 Å². The van der Waals surface area contributed by atoms with Crippen molar-refractivity contribution < 1.29 is 14.3 Å². The average molecular weight is 270 g/mol. The molecule has 1 rings (SSSR count). The summed E-state index contributed by atoms with van der Waals surface area (Å²) in [5.74, 6) is -0.506. The number of rotatable bonds is 4. The molecule has 2 unspecified atom stereocenters. The smallest absolute Gasteiger partial charge is 0.328 e. The number of esters is 1. The first kappa shape index (κ1) is 16.0. The van der Waals surface area contributed by atoms with E-state index in [1.165, 1.54) is 7.11 Å². The minimum absolute atomic E-state index is 0.00287. The summed E-state index contributed by atoms with van der Waals surface area (Å²) < 4.78 is 4.74. The first-order valence-electron chi connectivity index (χ1n) is 6.91. The summed E-state index contributed by atoms with van der Waals surface area (Å²) in [5.41, 5.74) is -0.0972. The molecule has 110 valence electrons. The summed E-state index contributed by atoms with van der Waals surface area (Å²) in [5, 5.41) is 6.06. The summed E-state index contributed by atoms with van der Waals surface area (Å²) >= 11 is 0. The van der Waals surface area contributed by atoms with E-state index in [0.29, 0.717) is 0 Å². The lowest BCUT2D eigenvalue weighted by Gasteiger charge is -2.39. The SMILES string of the molecule is COC(=O)C(NC(=O)C1NCCCC1(C)C)C(C)C. The van der Waals surface area contributed by atoms with Crippen LogP contribution in [0, 0.1) is 11.3 Å². The fourth-order valence-electron chi connectivity index (χ4n) is 2.52. The normalized spacial score (nSPS) is 23.8. The van der Waals surface area contributed by atoms with Crippen molar-refractivity contribution in [1.82, 2.24) is 10.6 Å². The van der Waals surface area contributed by atoms with E-state index in [1.54, 1.807) is 0 Å². The van der Waals surface area contributed by atoms with Crippen LogP contribution in [-0.2, 0) is 14.3 Å². The van der Waals surface area contributed by atoms with E-state index in [0.717, 1.165) is 19.4 Å². The second-order valence-electron chi connectivity index (χ2n) is 6.23. The van der Waals surface area contributed by atoms with Gasteiger partial charge >= 0.3 is 5.97 Å². The van der Waals surface area contributed by atoms with Crippen LogP contribution in [0.25, 0.3) is 0 Å². The zero-order valence-corrected chi connectivity index (χ0v) is 12.6. The molecule has 0 aromatic carbocycles. The van der Waals surface area contributed by atoms with Crippen LogP contribution in [0.15, 0.2) is 0 Å². The maximum atomic E-state index is 12.4. The van der Waals surface area contributed by atoms with Gasteiger partial charge in [-0.15, -0.1) is 0 Å². The van der Waals surface area contributed by atoms with Crippen molar-refractivity contribution >= 4 is 11.9 Å². The Hall–Kier alpha value is -1.10. The first-order valence-corrected chi connectivity index (χ1v) is 6.91. The fourth-order valence-corrected chi connectivity index (χ4v) is 2.52. The summed E-state index contributed by atoms with van der Waals surface area (Å²) in [4.78, 5) is 24.0. The molecule has 19 heavy (non-hydrogen) atoms. The third kappa shape index (κ3) is 3.93. The molecule has 1 amide bonds. The number of carbonyl (C=O) groups is 2. The monoisotopic (exact) mass is 270 g/mol. The van der Waals surface area contributed by atoms with E-state index in [1.807, 2.05) is 13.8 Å². The number of hydrogen-bond donors (Lipinski definition) is 2. The van der Waals surface area contributed by atoms with Crippen molar-refractivity contribution in [3.05, 3.63) is 0 Å². The summed E-state index contributed by atoms with van der Waals surface area (Å²) in [6.07, 6.45) is 2.07. The average Bonchev–Trinajstić information content (AvgIpc) is 2.33. The van der Waals surface area contributed by atoms with E-state index in [4.69, 9.17) is 4.74 Å². The zero-order valence-electron chi connectivity index (χ0n) is 12.6. The number of ether oxygens (including phenoxy) is 1. The number of amides is 1. The van der Waals surface area contributed by atoms with Crippen molar-refractivity contribution in [1.29, 1.82) is 0 Å². The second-order valence-corrected chi connectivity index (χ2v) is 6.23. The Balaban J connectivity index is 2.73.